The molecule has 3 N–H and O–H groups in total. The summed E-state index contributed by atoms with van der Waals surface area (Å²) in [6.45, 7) is 5.75. The zero-order chi connectivity index (χ0) is 16.0. The summed E-state index contributed by atoms with van der Waals surface area (Å²) in [4.78, 5) is 12.0. The zero-order valence-corrected chi connectivity index (χ0v) is 13.6. The fourth-order valence-electron chi connectivity index (χ4n) is 1.58. The molecule has 21 heavy (non-hydrogen) atoms. The van der Waals surface area contributed by atoms with Crippen LogP contribution in [0, 0.1) is 6.92 Å². The van der Waals surface area contributed by atoms with E-state index >= 15 is 0 Å². The van der Waals surface area contributed by atoms with Crippen molar-refractivity contribution in [3.8, 4) is 0 Å². The van der Waals surface area contributed by atoms with Crippen LogP contribution in [0.4, 0.5) is 0 Å². The molecule has 0 saturated heterocycles. The Morgan fingerprint density at radius 3 is 2.29 bits per heavy atom. The van der Waals surface area contributed by atoms with Gasteiger partial charge < -0.3 is 10.6 Å². The predicted octanol–water partition coefficient (Wildman–Crippen LogP) is 0.386. The molecule has 0 aliphatic rings. The number of hydrogen-bond acceptors (Lipinski definition) is 4. The molecule has 0 aliphatic carbocycles. The average Bonchev–Trinajstić information content (AvgIpc) is 2.44. The molecule has 6 nitrogen and oxygen atoms in total. The minimum Gasteiger partial charge on any atom is -0.353 e. The third-order valence-electron chi connectivity index (χ3n) is 3.13. The Morgan fingerprint density at radius 2 is 1.76 bits per heavy atom. The third-order valence-corrected chi connectivity index (χ3v) is 4.69. The Kier molecular flexibility index (Phi) is 6.32. The van der Waals surface area contributed by atoms with E-state index in [1.165, 1.54) is 19.1 Å². The van der Waals surface area contributed by atoms with E-state index in [0.29, 0.717) is 6.54 Å². The van der Waals surface area contributed by atoms with Crippen LogP contribution in [0.25, 0.3) is 0 Å². The summed E-state index contributed by atoms with van der Waals surface area (Å²) >= 11 is 0. The van der Waals surface area contributed by atoms with E-state index in [1.54, 1.807) is 19.2 Å². The van der Waals surface area contributed by atoms with Gasteiger partial charge >= 0.3 is 0 Å². The fraction of sp³-hybridized carbons (Fsp3) is 0.500. The van der Waals surface area contributed by atoms with Gasteiger partial charge in [0.2, 0.25) is 15.9 Å². The number of rotatable bonds is 7. The van der Waals surface area contributed by atoms with Crippen LogP contribution in [0.3, 0.4) is 0 Å². The van der Waals surface area contributed by atoms with Crippen LogP contribution in [0.2, 0.25) is 0 Å². The van der Waals surface area contributed by atoms with Crippen molar-refractivity contribution < 1.29 is 13.2 Å². The molecule has 0 radical (unpaired) electrons. The van der Waals surface area contributed by atoms with Crippen LogP contribution in [0.1, 0.15) is 19.4 Å². The van der Waals surface area contributed by atoms with Crippen LogP contribution in [-0.4, -0.2) is 40.0 Å². The van der Waals surface area contributed by atoms with E-state index in [2.05, 4.69) is 15.4 Å². The molecular formula is C14H23N3O3S. The summed E-state index contributed by atoms with van der Waals surface area (Å²) in [6, 6.07) is 5.76. The van der Waals surface area contributed by atoms with Crippen LogP contribution in [0.15, 0.2) is 29.2 Å². The molecular weight excluding hydrogens is 290 g/mol. The fourth-order valence-corrected chi connectivity index (χ4v) is 2.78. The van der Waals surface area contributed by atoms with Crippen molar-refractivity contribution >= 4 is 15.9 Å². The monoisotopic (exact) mass is 313 g/mol. The van der Waals surface area contributed by atoms with Crippen molar-refractivity contribution in [1.82, 2.24) is 15.4 Å². The lowest BCUT2D eigenvalue weighted by Crippen LogP contribution is -2.47. The Bertz CT molecular complexity index is 570. The number of carbonyl (C=O) groups excluding carboxylic acids is 1. The first-order valence-corrected chi connectivity index (χ1v) is 8.28. The molecule has 0 fully saturated rings. The molecule has 1 amide bonds. The summed E-state index contributed by atoms with van der Waals surface area (Å²) in [7, 11) is -1.90. The van der Waals surface area contributed by atoms with Gasteiger partial charge in [-0.05, 0) is 40.0 Å². The molecule has 118 valence electrons. The first-order valence-electron chi connectivity index (χ1n) is 6.80. The molecule has 0 aromatic heterocycles. The number of benzene rings is 1. The number of carbonyl (C=O) groups is 1. The molecule has 2 atom stereocenters. The van der Waals surface area contributed by atoms with Crippen molar-refractivity contribution in [2.45, 2.75) is 37.8 Å². The van der Waals surface area contributed by atoms with Gasteiger partial charge in [-0.1, -0.05) is 17.7 Å². The smallest absolute Gasteiger partial charge is 0.241 e. The Hall–Kier alpha value is -1.44. The standard InChI is InChI=1S/C14H23N3O3S/c1-10-5-7-13(8-6-10)21(19,20)17-12(3)14(18)16-9-11(2)15-4/h5-8,11-12,15,17H,9H2,1-4H3,(H,16,18). The Balaban J connectivity index is 2.66. The van der Waals surface area contributed by atoms with E-state index in [1.807, 2.05) is 13.8 Å². The van der Waals surface area contributed by atoms with Gasteiger partial charge in [0.1, 0.15) is 0 Å². The van der Waals surface area contributed by atoms with E-state index < -0.39 is 16.1 Å². The number of sulfonamides is 1. The van der Waals surface area contributed by atoms with Gasteiger partial charge in [-0.15, -0.1) is 0 Å². The maximum Gasteiger partial charge on any atom is 0.241 e. The van der Waals surface area contributed by atoms with Crippen LogP contribution in [-0.2, 0) is 14.8 Å². The van der Waals surface area contributed by atoms with E-state index in [9.17, 15) is 13.2 Å². The number of likely N-dealkylation sites (N-methyl/N-ethyl adjacent to an activating group) is 1. The SMILES string of the molecule is CNC(C)CNC(=O)C(C)NS(=O)(=O)c1ccc(C)cc1. The molecule has 0 aliphatic heterocycles. The lowest BCUT2D eigenvalue weighted by Gasteiger charge is -2.16. The van der Waals surface area contributed by atoms with E-state index in [-0.39, 0.29) is 16.8 Å². The number of aryl methyl sites for hydroxylation is 1. The highest BCUT2D eigenvalue weighted by Crippen LogP contribution is 2.10. The van der Waals surface area contributed by atoms with Crippen LogP contribution < -0.4 is 15.4 Å². The van der Waals surface area contributed by atoms with Crippen molar-refractivity contribution in [3.63, 3.8) is 0 Å². The second kappa shape index (κ2) is 7.53. The highest BCUT2D eigenvalue weighted by atomic mass is 32.2. The lowest BCUT2D eigenvalue weighted by atomic mass is 10.2. The molecule has 1 rings (SSSR count). The quantitative estimate of drug-likeness (QED) is 0.679. The Labute approximate surface area is 126 Å². The summed E-state index contributed by atoms with van der Waals surface area (Å²) < 4.78 is 26.7. The van der Waals surface area contributed by atoms with Crippen LogP contribution in [0.5, 0.6) is 0 Å². The first kappa shape index (κ1) is 17.6. The number of amides is 1. The molecule has 0 spiro atoms. The molecule has 0 saturated carbocycles. The van der Waals surface area contributed by atoms with Gasteiger partial charge in [-0.2, -0.15) is 4.72 Å². The van der Waals surface area contributed by atoms with E-state index in [4.69, 9.17) is 0 Å². The van der Waals surface area contributed by atoms with Gasteiger partial charge in [0.15, 0.2) is 0 Å². The topological polar surface area (TPSA) is 87.3 Å². The lowest BCUT2D eigenvalue weighted by molar-refractivity contribution is -0.122. The summed E-state index contributed by atoms with van der Waals surface area (Å²) in [5.41, 5.74) is 0.973. The molecule has 1 aromatic rings. The summed E-state index contributed by atoms with van der Waals surface area (Å²) in [5, 5.41) is 5.67. The molecule has 7 heteroatoms. The molecule has 0 heterocycles. The van der Waals surface area contributed by atoms with Crippen LogP contribution >= 0.6 is 0 Å². The second-order valence-electron chi connectivity index (χ2n) is 5.09. The normalized spacial score (nSPS) is 14.5. The summed E-state index contributed by atoms with van der Waals surface area (Å²) in [6.07, 6.45) is 0. The highest BCUT2D eigenvalue weighted by molar-refractivity contribution is 7.89. The first-order chi connectivity index (χ1) is 9.76. The zero-order valence-electron chi connectivity index (χ0n) is 12.8. The van der Waals surface area contributed by atoms with Gasteiger partial charge in [-0.3, -0.25) is 4.79 Å². The highest BCUT2D eigenvalue weighted by Gasteiger charge is 2.21. The summed E-state index contributed by atoms with van der Waals surface area (Å²) in [5.74, 6) is -0.354. The van der Waals surface area contributed by atoms with Crippen molar-refractivity contribution in [2.24, 2.45) is 0 Å². The average molecular weight is 313 g/mol. The molecule has 1 aromatic carbocycles. The largest absolute Gasteiger partial charge is 0.353 e. The number of nitrogens with one attached hydrogen (secondary N) is 3. The predicted molar refractivity (Wildman–Crippen MR) is 82.5 cm³/mol. The maximum absolute atomic E-state index is 12.1. The van der Waals surface area contributed by atoms with Gasteiger partial charge in [-0.25, -0.2) is 8.42 Å². The van der Waals surface area contributed by atoms with Gasteiger partial charge in [0.05, 0.1) is 10.9 Å². The molecule has 0 bridgehead atoms. The number of hydrogen-bond donors (Lipinski definition) is 3. The van der Waals surface area contributed by atoms with Gasteiger partial charge in [0, 0.05) is 12.6 Å². The minimum atomic E-state index is -3.69. The van der Waals surface area contributed by atoms with Crippen molar-refractivity contribution in [3.05, 3.63) is 29.8 Å². The van der Waals surface area contributed by atoms with Crippen molar-refractivity contribution in [1.29, 1.82) is 0 Å². The van der Waals surface area contributed by atoms with Crippen molar-refractivity contribution in [2.75, 3.05) is 13.6 Å². The molecule has 2 unspecified atom stereocenters. The maximum atomic E-state index is 12.1. The third kappa shape index (κ3) is 5.45. The van der Waals surface area contributed by atoms with Gasteiger partial charge in [0.25, 0.3) is 0 Å². The second-order valence-corrected chi connectivity index (χ2v) is 6.80. The Morgan fingerprint density at radius 1 is 1.19 bits per heavy atom. The van der Waals surface area contributed by atoms with E-state index in [0.717, 1.165) is 5.56 Å². The minimum absolute atomic E-state index is 0.120.